The van der Waals surface area contributed by atoms with E-state index in [1.807, 2.05) is 41.5 Å². The summed E-state index contributed by atoms with van der Waals surface area (Å²) in [6.07, 6.45) is 4.87. The highest BCUT2D eigenvalue weighted by atomic mass is 15.7. The van der Waals surface area contributed by atoms with E-state index in [1.54, 1.807) is 0 Å². The van der Waals surface area contributed by atoms with Crippen molar-refractivity contribution < 1.29 is 0 Å². The Morgan fingerprint density at radius 2 is 1.88 bits per heavy atom. The van der Waals surface area contributed by atoms with Crippen LogP contribution in [0.2, 0.25) is 0 Å². The van der Waals surface area contributed by atoms with Crippen LogP contribution in [0.5, 0.6) is 0 Å². The van der Waals surface area contributed by atoms with Crippen molar-refractivity contribution in [2.75, 3.05) is 0 Å². The molecule has 16 heavy (non-hydrogen) atoms. The van der Waals surface area contributed by atoms with Crippen molar-refractivity contribution in [1.29, 1.82) is 0 Å². The molecule has 0 aliphatic carbocycles. The molecular formula is C13H16N3. The van der Waals surface area contributed by atoms with Crippen LogP contribution in [0.3, 0.4) is 0 Å². The zero-order chi connectivity index (χ0) is 11.6. The summed E-state index contributed by atoms with van der Waals surface area (Å²) >= 11 is 0. The lowest BCUT2D eigenvalue weighted by molar-refractivity contribution is 0.0937. The average molecular weight is 214 g/mol. The van der Waals surface area contributed by atoms with Crippen LogP contribution < -0.4 is 5.43 Å². The molecule has 1 radical (unpaired) electrons. The third-order valence-electron chi connectivity index (χ3n) is 2.29. The number of hydrogen-bond donors (Lipinski definition) is 1. The second-order valence-corrected chi connectivity index (χ2v) is 4.73. The van der Waals surface area contributed by atoms with Crippen molar-refractivity contribution in [1.82, 2.24) is 10.5 Å². The molecule has 1 heterocycles. The fourth-order valence-electron chi connectivity index (χ4n) is 1.39. The van der Waals surface area contributed by atoms with Crippen molar-refractivity contribution in [3.8, 4) is 0 Å². The standard InChI is InChI=1S/C13H16N3/c1-13(2,3)16-14-10-9-12(15-16)11-7-5-4-6-8-11/h4-9,14H,1-3H3. The van der Waals surface area contributed by atoms with Crippen molar-refractivity contribution in [2.24, 2.45) is 5.10 Å². The predicted molar refractivity (Wildman–Crippen MR) is 65.5 cm³/mol. The van der Waals surface area contributed by atoms with Gasteiger partial charge in [0.2, 0.25) is 0 Å². The predicted octanol–water partition coefficient (Wildman–Crippen LogP) is 2.33. The maximum Gasteiger partial charge on any atom is 0.0946 e. The monoisotopic (exact) mass is 214 g/mol. The molecule has 0 saturated carbocycles. The van der Waals surface area contributed by atoms with Crippen LogP contribution in [0.1, 0.15) is 26.3 Å². The van der Waals surface area contributed by atoms with Crippen LogP contribution in [0.4, 0.5) is 0 Å². The van der Waals surface area contributed by atoms with Gasteiger partial charge in [0, 0.05) is 5.56 Å². The first-order chi connectivity index (χ1) is 7.57. The van der Waals surface area contributed by atoms with E-state index in [4.69, 9.17) is 0 Å². The van der Waals surface area contributed by atoms with Crippen molar-refractivity contribution in [3.05, 3.63) is 48.2 Å². The van der Waals surface area contributed by atoms with Gasteiger partial charge in [0.15, 0.2) is 0 Å². The zero-order valence-corrected chi connectivity index (χ0v) is 9.86. The van der Waals surface area contributed by atoms with Gasteiger partial charge in [-0.05, 0) is 26.8 Å². The molecule has 0 atom stereocenters. The summed E-state index contributed by atoms with van der Waals surface area (Å²) in [7, 11) is 0. The Morgan fingerprint density at radius 3 is 2.50 bits per heavy atom. The van der Waals surface area contributed by atoms with Gasteiger partial charge in [-0.3, -0.25) is 5.43 Å². The quantitative estimate of drug-likeness (QED) is 0.777. The lowest BCUT2D eigenvalue weighted by atomic mass is 10.1. The Labute approximate surface area is 96.4 Å². The average Bonchev–Trinajstić information content (AvgIpc) is 2.29. The van der Waals surface area contributed by atoms with Crippen LogP contribution in [-0.2, 0) is 0 Å². The molecule has 1 aliphatic rings. The fourth-order valence-corrected chi connectivity index (χ4v) is 1.39. The van der Waals surface area contributed by atoms with Crippen LogP contribution in [-0.4, -0.2) is 16.4 Å². The van der Waals surface area contributed by atoms with E-state index in [-0.39, 0.29) is 5.54 Å². The molecule has 0 saturated heterocycles. The van der Waals surface area contributed by atoms with Crippen LogP contribution in [0, 0.1) is 6.20 Å². The minimum absolute atomic E-state index is 0.0682. The molecule has 83 valence electrons. The van der Waals surface area contributed by atoms with Gasteiger partial charge in [0.05, 0.1) is 17.5 Å². The van der Waals surface area contributed by atoms with E-state index in [1.165, 1.54) is 0 Å². The fraction of sp³-hybridized carbons (Fsp3) is 0.308. The maximum absolute atomic E-state index is 4.54. The minimum Gasteiger partial charge on any atom is -0.280 e. The molecule has 1 aromatic rings. The smallest absolute Gasteiger partial charge is 0.0946 e. The highest BCUT2D eigenvalue weighted by Crippen LogP contribution is 2.15. The Hall–Kier alpha value is -1.77. The lowest BCUT2D eigenvalue weighted by Crippen LogP contribution is -2.46. The molecule has 1 aromatic carbocycles. The van der Waals surface area contributed by atoms with Gasteiger partial charge in [0.1, 0.15) is 0 Å². The third kappa shape index (κ3) is 2.24. The number of benzene rings is 1. The maximum atomic E-state index is 4.54. The Kier molecular flexibility index (Phi) is 2.69. The van der Waals surface area contributed by atoms with Gasteiger partial charge < -0.3 is 0 Å². The third-order valence-corrected chi connectivity index (χ3v) is 2.29. The van der Waals surface area contributed by atoms with Gasteiger partial charge in [0.25, 0.3) is 0 Å². The second kappa shape index (κ2) is 4.00. The summed E-state index contributed by atoms with van der Waals surface area (Å²) < 4.78 is 0. The molecule has 1 aliphatic heterocycles. The van der Waals surface area contributed by atoms with Gasteiger partial charge in [-0.15, -0.1) is 0 Å². The lowest BCUT2D eigenvalue weighted by Gasteiger charge is -2.34. The molecule has 0 aromatic heterocycles. The Bertz CT molecular complexity index is 413. The van der Waals surface area contributed by atoms with Gasteiger partial charge in [-0.2, -0.15) is 5.10 Å². The number of hydrazine groups is 1. The van der Waals surface area contributed by atoms with Gasteiger partial charge in [-0.25, -0.2) is 5.12 Å². The topological polar surface area (TPSA) is 27.6 Å². The largest absolute Gasteiger partial charge is 0.280 e. The number of nitrogens with one attached hydrogen (secondary N) is 1. The molecule has 3 heteroatoms. The van der Waals surface area contributed by atoms with E-state index in [0.717, 1.165) is 11.3 Å². The number of nitrogens with zero attached hydrogens (tertiary/aromatic N) is 2. The van der Waals surface area contributed by atoms with E-state index in [9.17, 15) is 0 Å². The summed E-state index contributed by atoms with van der Waals surface area (Å²) in [6, 6.07) is 10.1. The zero-order valence-electron chi connectivity index (χ0n) is 9.86. The highest BCUT2D eigenvalue weighted by molar-refractivity contribution is 6.08. The second-order valence-electron chi connectivity index (χ2n) is 4.73. The molecular weight excluding hydrogens is 198 g/mol. The molecule has 2 rings (SSSR count). The normalized spacial score (nSPS) is 15.7. The first-order valence-corrected chi connectivity index (χ1v) is 5.36. The van der Waals surface area contributed by atoms with E-state index in [0.29, 0.717) is 0 Å². The van der Waals surface area contributed by atoms with E-state index < -0.39 is 0 Å². The summed E-state index contributed by atoms with van der Waals surface area (Å²) in [4.78, 5) is 0. The summed E-state index contributed by atoms with van der Waals surface area (Å²) in [5.41, 5.74) is 4.96. The van der Waals surface area contributed by atoms with Crippen LogP contribution in [0.25, 0.3) is 0 Å². The number of hydrazone groups is 1. The van der Waals surface area contributed by atoms with E-state index >= 15 is 0 Å². The molecule has 0 bridgehead atoms. The molecule has 0 spiro atoms. The van der Waals surface area contributed by atoms with Gasteiger partial charge in [-0.1, -0.05) is 30.3 Å². The van der Waals surface area contributed by atoms with Crippen LogP contribution in [0.15, 0.2) is 41.5 Å². The van der Waals surface area contributed by atoms with Crippen molar-refractivity contribution in [3.63, 3.8) is 0 Å². The van der Waals surface area contributed by atoms with Crippen molar-refractivity contribution in [2.45, 2.75) is 26.3 Å². The highest BCUT2D eigenvalue weighted by Gasteiger charge is 2.21. The minimum atomic E-state index is -0.0682. The SMILES string of the molecule is CC(C)(C)N1N=C(c2ccccc2)C=[C]N1. The first-order valence-electron chi connectivity index (χ1n) is 5.36. The van der Waals surface area contributed by atoms with Crippen LogP contribution >= 0.6 is 0 Å². The molecule has 0 fully saturated rings. The molecule has 3 nitrogen and oxygen atoms in total. The van der Waals surface area contributed by atoms with Gasteiger partial charge >= 0.3 is 0 Å². The summed E-state index contributed by atoms with van der Waals surface area (Å²) in [5.74, 6) is 0. The number of allylic oxidation sites excluding steroid dienone is 1. The summed E-state index contributed by atoms with van der Waals surface area (Å²) in [5, 5.41) is 6.36. The molecule has 0 amide bonds. The van der Waals surface area contributed by atoms with Crippen molar-refractivity contribution >= 4 is 5.71 Å². The first kappa shape index (κ1) is 10.7. The Balaban J connectivity index is 2.29. The number of rotatable bonds is 1. The van der Waals surface area contributed by atoms with E-state index in [2.05, 4.69) is 37.5 Å². The number of hydrogen-bond acceptors (Lipinski definition) is 3. The molecule has 0 unspecified atom stereocenters. The Morgan fingerprint density at radius 1 is 1.19 bits per heavy atom. The summed E-state index contributed by atoms with van der Waals surface area (Å²) in [6.45, 7) is 6.29. The molecule has 1 N–H and O–H groups in total.